The molecule has 0 saturated heterocycles. The van der Waals surface area contributed by atoms with Crippen LogP contribution in [-0.4, -0.2) is 10.1 Å². The molecule has 0 radical (unpaired) electrons. The molecule has 26 heavy (non-hydrogen) atoms. The fraction of sp³-hybridized carbons (Fsp3) is 0.0526. The zero-order chi connectivity index (χ0) is 18.7. The third-order valence-electron chi connectivity index (χ3n) is 3.61. The molecule has 1 N–H and O–H groups in total. The molecule has 0 spiro atoms. The predicted octanol–water partition coefficient (Wildman–Crippen LogP) is 5.78. The van der Waals surface area contributed by atoms with Gasteiger partial charge in [-0.05, 0) is 6.07 Å². The van der Waals surface area contributed by atoms with E-state index in [9.17, 15) is 23.5 Å². The SMILES string of the molecule is N#CC(=C(O)c1cnc(-c2ccccc2)s1)c1ccccc1C(F)(F)F. The zero-order valence-electron chi connectivity index (χ0n) is 13.2. The molecule has 0 saturated carbocycles. The lowest BCUT2D eigenvalue weighted by Gasteiger charge is -2.12. The van der Waals surface area contributed by atoms with Crippen molar-refractivity contribution in [3.8, 4) is 16.6 Å². The smallest absolute Gasteiger partial charge is 0.417 e. The second kappa shape index (κ2) is 7.02. The summed E-state index contributed by atoms with van der Waals surface area (Å²) in [6.45, 7) is 0. The summed E-state index contributed by atoms with van der Waals surface area (Å²) in [7, 11) is 0. The minimum Gasteiger partial charge on any atom is -0.505 e. The molecule has 3 aromatic rings. The van der Waals surface area contributed by atoms with Gasteiger partial charge in [0.1, 0.15) is 16.6 Å². The summed E-state index contributed by atoms with van der Waals surface area (Å²) in [5.74, 6) is -0.524. The summed E-state index contributed by atoms with van der Waals surface area (Å²) in [6.07, 6.45) is -3.29. The van der Waals surface area contributed by atoms with E-state index in [0.717, 1.165) is 29.0 Å². The number of nitriles is 1. The largest absolute Gasteiger partial charge is 0.505 e. The van der Waals surface area contributed by atoms with E-state index in [2.05, 4.69) is 4.98 Å². The Labute approximate surface area is 151 Å². The highest BCUT2D eigenvalue weighted by Gasteiger charge is 2.34. The number of alkyl halides is 3. The van der Waals surface area contributed by atoms with Crippen molar-refractivity contribution in [2.24, 2.45) is 0 Å². The minimum atomic E-state index is -4.64. The van der Waals surface area contributed by atoms with Gasteiger partial charge in [0.2, 0.25) is 0 Å². The van der Waals surface area contributed by atoms with Crippen LogP contribution in [0.4, 0.5) is 13.2 Å². The molecule has 0 fully saturated rings. The van der Waals surface area contributed by atoms with Crippen LogP contribution in [0.3, 0.4) is 0 Å². The number of hydrogen-bond acceptors (Lipinski definition) is 4. The average molecular weight is 372 g/mol. The number of allylic oxidation sites excluding steroid dienone is 1. The predicted molar refractivity (Wildman–Crippen MR) is 94.0 cm³/mol. The molecule has 1 aromatic heterocycles. The number of nitrogens with zero attached hydrogens (tertiary/aromatic N) is 2. The maximum absolute atomic E-state index is 13.2. The Bertz CT molecular complexity index is 1000. The standard InChI is InChI=1S/C19H11F3N2OS/c20-19(21,22)15-9-5-4-8-13(15)14(10-23)17(25)16-11-24-18(26-16)12-6-2-1-3-7-12/h1-9,11,25H. The molecule has 0 amide bonds. The first kappa shape index (κ1) is 17.7. The molecule has 7 heteroatoms. The van der Waals surface area contributed by atoms with Crippen molar-refractivity contribution >= 4 is 22.7 Å². The first-order valence-corrected chi connectivity index (χ1v) is 8.25. The third kappa shape index (κ3) is 3.46. The summed E-state index contributed by atoms with van der Waals surface area (Å²) in [6, 6.07) is 15.5. The van der Waals surface area contributed by atoms with Crippen LogP contribution in [0.15, 0.2) is 60.8 Å². The molecule has 0 aliphatic heterocycles. The van der Waals surface area contributed by atoms with Crippen LogP contribution in [0, 0.1) is 11.3 Å². The fourth-order valence-electron chi connectivity index (χ4n) is 2.41. The lowest BCUT2D eigenvalue weighted by Crippen LogP contribution is -2.08. The number of hydrogen-bond donors (Lipinski definition) is 1. The number of halogens is 3. The molecule has 2 aromatic carbocycles. The van der Waals surface area contributed by atoms with Crippen LogP contribution in [0.2, 0.25) is 0 Å². The van der Waals surface area contributed by atoms with Gasteiger partial charge in [0, 0.05) is 17.3 Å². The van der Waals surface area contributed by atoms with Gasteiger partial charge in [0.15, 0.2) is 5.76 Å². The summed E-state index contributed by atoms with van der Waals surface area (Å²) >= 11 is 1.09. The molecule has 0 bridgehead atoms. The Hall–Kier alpha value is -3.11. The minimum absolute atomic E-state index is 0.220. The Balaban J connectivity index is 2.10. The van der Waals surface area contributed by atoms with Crippen LogP contribution in [0.25, 0.3) is 21.9 Å². The van der Waals surface area contributed by atoms with Crippen molar-refractivity contribution < 1.29 is 18.3 Å². The number of aliphatic hydroxyl groups is 1. The van der Waals surface area contributed by atoms with E-state index in [1.165, 1.54) is 18.3 Å². The second-order valence-electron chi connectivity index (χ2n) is 5.27. The van der Waals surface area contributed by atoms with Gasteiger partial charge in [-0.25, -0.2) is 4.98 Å². The van der Waals surface area contributed by atoms with Gasteiger partial charge >= 0.3 is 6.18 Å². The topological polar surface area (TPSA) is 56.9 Å². The van der Waals surface area contributed by atoms with Crippen molar-refractivity contribution in [1.82, 2.24) is 4.98 Å². The van der Waals surface area contributed by atoms with E-state index in [-0.39, 0.29) is 10.4 Å². The van der Waals surface area contributed by atoms with Crippen molar-refractivity contribution in [2.75, 3.05) is 0 Å². The van der Waals surface area contributed by atoms with E-state index in [0.29, 0.717) is 5.01 Å². The first-order chi connectivity index (χ1) is 12.4. The van der Waals surface area contributed by atoms with Crippen LogP contribution in [0.1, 0.15) is 16.0 Å². The number of aromatic nitrogens is 1. The first-order valence-electron chi connectivity index (χ1n) is 7.43. The lowest BCUT2D eigenvalue weighted by molar-refractivity contribution is -0.137. The highest BCUT2D eigenvalue weighted by atomic mass is 32.1. The Morgan fingerprint density at radius 3 is 2.35 bits per heavy atom. The molecule has 0 atom stereocenters. The lowest BCUT2D eigenvalue weighted by atomic mass is 9.99. The van der Waals surface area contributed by atoms with Crippen molar-refractivity contribution in [3.05, 3.63) is 76.8 Å². The molecule has 1 heterocycles. The van der Waals surface area contributed by atoms with Crippen LogP contribution < -0.4 is 0 Å². The monoisotopic (exact) mass is 372 g/mol. The van der Waals surface area contributed by atoms with Crippen molar-refractivity contribution in [2.45, 2.75) is 6.18 Å². The Morgan fingerprint density at radius 2 is 1.69 bits per heavy atom. The maximum atomic E-state index is 13.2. The maximum Gasteiger partial charge on any atom is 0.417 e. The molecular weight excluding hydrogens is 361 g/mol. The van der Waals surface area contributed by atoms with E-state index >= 15 is 0 Å². The number of aliphatic hydroxyl groups excluding tert-OH is 1. The number of benzene rings is 2. The summed E-state index contributed by atoms with van der Waals surface area (Å²) in [5.41, 5.74) is -0.975. The quantitative estimate of drug-likeness (QED) is 0.468. The molecule has 0 unspecified atom stereocenters. The number of thiazole rings is 1. The molecule has 0 aliphatic carbocycles. The zero-order valence-corrected chi connectivity index (χ0v) is 14.0. The van der Waals surface area contributed by atoms with Gasteiger partial charge in [0.05, 0.1) is 10.4 Å². The third-order valence-corrected chi connectivity index (χ3v) is 4.66. The Kier molecular flexibility index (Phi) is 4.78. The van der Waals surface area contributed by atoms with Crippen LogP contribution >= 0.6 is 11.3 Å². The van der Waals surface area contributed by atoms with Gasteiger partial charge < -0.3 is 5.11 Å². The molecule has 3 nitrogen and oxygen atoms in total. The van der Waals surface area contributed by atoms with E-state index in [1.807, 2.05) is 30.3 Å². The highest BCUT2D eigenvalue weighted by molar-refractivity contribution is 7.16. The van der Waals surface area contributed by atoms with Gasteiger partial charge in [-0.15, -0.1) is 11.3 Å². The Morgan fingerprint density at radius 1 is 1.04 bits per heavy atom. The normalized spacial score (nSPS) is 12.4. The van der Waals surface area contributed by atoms with Gasteiger partial charge in [-0.3, -0.25) is 0 Å². The molecule has 0 aliphatic rings. The fourth-order valence-corrected chi connectivity index (χ4v) is 3.28. The van der Waals surface area contributed by atoms with Crippen LogP contribution in [0.5, 0.6) is 0 Å². The van der Waals surface area contributed by atoms with E-state index < -0.39 is 23.1 Å². The van der Waals surface area contributed by atoms with Crippen molar-refractivity contribution in [1.29, 1.82) is 5.26 Å². The highest BCUT2D eigenvalue weighted by Crippen LogP contribution is 2.38. The summed E-state index contributed by atoms with van der Waals surface area (Å²) in [5, 5.41) is 20.4. The average Bonchev–Trinajstić information content (AvgIpc) is 3.13. The van der Waals surface area contributed by atoms with Crippen molar-refractivity contribution in [3.63, 3.8) is 0 Å². The molecule has 3 rings (SSSR count). The van der Waals surface area contributed by atoms with Gasteiger partial charge in [0.25, 0.3) is 0 Å². The number of rotatable bonds is 3. The van der Waals surface area contributed by atoms with E-state index in [1.54, 1.807) is 6.07 Å². The van der Waals surface area contributed by atoms with Gasteiger partial charge in [-0.2, -0.15) is 18.4 Å². The molecule has 130 valence electrons. The molecular formula is C19H11F3N2OS. The summed E-state index contributed by atoms with van der Waals surface area (Å²) < 4.78 is 39.6. The van der Waals surface area contributed by atoms with E-state index in [4.69, 9.17) is 0 Å². The van der Waals surface area contributed by atoms with Gasteiger partial charge in [-0.1, -0.05) is 48.5 Å². The summed E-state index contributed by atoms with van der Waals surface area (Å²) in [4.78, 5) is 4.40. The second-order valence-corrected chi connectivity index (χ2v) is 6.31. The van der Waals surface area contributed by atoms with Crippen LogP contribution in [-0.2, 0) is 6.18 Å².